The molecule has 11 nitrogen and oxygen atoms in total. The monoisotopic (exact) mass is 606 g/mol. The van der Waals surface area contributed by atoms with Crippen molar-refractivity contribution in [3.8, 4) is 5.75 Å². The van der Waals surface area contributed by atoms with E-state index in [0.29, 0.717) is 17.6 Å². The minimum atomic E-state index is -4.07. The van der Waals surface area contributed by atoms with Gasteiger partial charge in [-0.05, 0) is 37.0 Å². The van der Waals surface area contributed by atoms with Crippen molar-refractivity contribution < 1.29 is 38.1 Å². The Labute approximate surface area is 242 Å². The van der Waals surface area contributed by atoms with Gasteiger partial charge >= 0.3 is 13.6 Å². The molecule has 3 aromatic rings. The molecule has 1 aliphatic heterocycles. The molecule has 3 N–H and O–H groups in total. The third-order valence-corrected chi connectivity index (χ3v) is 9.25. The summed E-state index contributed by atoms with van der Waals surface area (Å²) in [6, 6.07) is 13.9. The van der Waals surface area contributed by atoms with Crippen molar-refractivity contribution in [2.45, 2.75) is 57.6 Å². The van der Waals surface area contributed by atoms with Crippen molar-refractivity contribution in [2.75, 3.05) is 19.4 Å². The normalized spacial score (nSPS) is 24.6. The number of fused-ring (bicyclic) bond motifs is 1. The first-order chi connectivity index (χ1) is 19.4. The number of hydrogen-bond acceptors (Lipinski definition) is 10. The highest BCUT2D eigenvalue weighted by Crippen LogP contribution is 2.52. The van der Waals surface area contributed by atoms with E-state index in [-0.39, 0.29) is 17.5 Å². The molecule has 1 aliphatic rings. The summed E-state index contributed by atoms with van der Waals surface area (Å²) in [5, 5.41) is 23.6. The number of rotatable bonds is 12. The second-order valence-electron chi connectivity index (χ2n) is 10.3. The fourth-order valence-corrected chi connectivity index (χ4v) is 6.73. The smallest absolute Gasteiger partial charge is 0.380 e. The van der Waals surface area contributed by atoms with E-state index >= 15 is 0 Å². The van der Waals surface area contributed by atoms with Gasteiger partial charge < -0.3 is 24.2 Å². The number of ether oxygens (including phenoxy) is 2. The number of benzene rings is 2. The van der Waals surface area contributed by atoms with Gasteiger partial charge in [0.15, 0.2) is 11.0 Å². The Morgan fingerprint density at radius 2 is 1.98 bits per heavy atom. The molecule has 0 spiro atoms. The van der Waals surface area contributed by atoms with Crippen molar-refractivity contribution in [2.24, 2.45) is 5.92 Å². The number of carbonyl (C=O) groups excluding carboxylic acids is 1. The van der Waals surface area contributed by atoms with Crippen LogP contribution < -0.4 is 10.1 Å². The van der Waals surface area contributed by atoms with Crippen molar-refractivity contribution >= 4 is 36.6 Å². The molecule has 0 radical (unpaired) electrons. The molecule has 1 aromatic heterocycles. The summed E-state index contributed by atoms with van der Waals surface area (Å²) in [5.74, 6) is -1.05. The molecular formula is C28H35N2O9PS. The quantitative estimate of drug-likeness (QED) is 0.118. The fraction of sp³-hybridized carbons (Fsp3) is 0.464. The highest BCUT2D eigenvalue weighted by Gasteiger charge is 2.53. The van der Waals surface area contributed by atoms with Gasteiger partial charge in [0, 0.05) is 17.6 Å². The lowest BCUT2D eigenvalue weighted by atomic mass is 9.96. The van der Waals surface area contributed by atoms with Gasteiger partial charge in [0.25, 0.3) is 5.56 Å². The average molecular weight is 607 g/mol. The van der Waals surface area contributed by atoms with Gasteiger partial charge in [0.2, 0.25) is 0 Å². The summed E-state index contributed by atoms with van der Waals surface area (Å²) in [6.07, 6.45) is -1.21. The number of carbonyl (C=O) groups is 1. The van der Waals surface area contributed by atoms with Crippen LogP contribution in [-0.2, 0) is 23.4 Å². The molecule has 0 bridgehead atoms. The van der Waals surface area contributed by atoms with Crippen LogP contribution in [0, 0.1) is 10.7 Å². The van der Waals surface area contributed by atoms with Crippen LogP contribution in [0.1, 0.15) is 39.8 Å². The van der Waals surface area contributed by atoms with E-state index in [1.54, 1.807) is 19.1 Å². The third-order valence-electron chi connectivity index (χ3n) is 6.92. The van der Waals surface area contributed by atoms with Crippen molar-refractivity contribution in [3.63, 3.8) is 0 Å². The number of H-pyrrole nitrogens is 1. The number of aliphatic hydroxyl groups excluding tert-OH is 1. The molecular weight excluding hydrogens is 571 g/mol. The zero-order valence-electron chi connectivity index (χ0n) is 23.1. The van der Waals surface area contributed by atoms with E-state index in [9.17, 15) is 24.4 Å². The molecule has 0 saturated carbocycles. The van der Waals surface area contributed by atoms with Crippen LogP contribution >= 0.6 is 19.8 Å². The predicted octanol–water partition coefficient (Wildman–Crippen LogP) is 4.34. The van der Waals surface area contributed by atoms with E-state index in [1.165, 1.54) is 23.8 Å². The first kappa shape index (κ1) is 31.1. The Morgan fingerprint density at radius 3 is 2.71 bits per heavy atom. The maximum atomic E-state index is 14.2. The van der Waals surface area contributed by atoms with Gasteiger partial charge in [-0.25, -0.2) is 4.57 Å². The maximum absolute atomic E-state index is 14.2. The number of aromatic nitrogens is 2. The first-order valence-electron chi connectivity index (χ1n) is 13.4. The van der Waals surface area contributed by atoms with Crippen LogP contribution in [0.25, 0.3) is 10.8 Å². The second kappa shape index (κ2) is 13.0. The summed E-state index contributed by atoms with van der Waals surface area (Å²) in [6.45, 7) is 4.72. The van der Waals surface area contributed by atoms with Crippen LogP contribution in [-0.4, -0.2) is 62.9 Å². The van der Waals surface area contributed by atoms with Gasteiger partial charge in [-0.2, -0.15) is 0 Å². The maximum Gasteiger partial charge on any atom is 0.380 e. The lowest BCUT2D eigenvalue weighted by Crippen LogP contribution is -2.44. The third kappa shape index (κ3) is 7.14. The van der Waals surface area contributed by atoms with Crippen LogP contribution in [0.3, 0.4) is 0 Å². The van der Waals surface area contributed by atoms with Gasteiger partial charge in [0.05, 0.1) is 25.3 Å². The number of aromatic amines is 1. The van der Waals surface area contributed by atoms with Gasteiger partial charge in [0.1, 0.15) is 23.6 Å². The lowest BCUT2D eigenvalue weighted by molar-refractivity contribution is -0.147. The van der Waals surface area contributed by atoms with Gasteiger partial charge in [-0.15, -0.1) is 0 Å². The highest BCUT2D eigenvalue weighted by molar-refractivity contribution is 7.71. The molecule has 2 aromatic carbocycles. The van der Waals surface area contributed by atoms with Gasteiger partial charge in [-0.1, -0.05) is 56.7 Å². The number of nitrogens with one attached hydrogen (secondary N) is 1. The number of hydrogen-bond donors (Lipinski definition) is 3. The van der Waals surface area contributed by atoms with E-state index in [2.05, 4.69) is 4.98 Å². The summed E-state index contributed by atoms with van der Waals surface area (Å²) >= 11 is 5.20. The van der Waals surface area contributed by atoms with Crippen molar-refractivity contribution in [1.82, 2.24) is 9.55 Å². The molecule has 4 rings (SSSR count). The van der Waals surface area contributed by atoms with Crippen LogP contribution in [0.4, 0.5) is 0 Å². The predicted molar refractivity (Wildman–Crippen MR) is 154 cm³/mol. The van der Waals surface area contributed by atoms with E-state index in [0.717, 1.165) is 11.8 Å². The zero-order chi connectivity index (χ0) is 29.8. The van der Waals surface area contributed by atoms with E-state index in [1.807, 2.05) is 37.3 Å². The van der Waals surface area contributed by atoms with E-state index in [4.69, 9.17) is 30.7 Å². The number of unbranched alkanes of at least 4 members (excludes halogenated alkanes) is 1. The molecule has 2 heterocycles. The van der Waals surface area contributed by atoms with Crippen molar-refractivity contribution in [3.05, 3.63) is 69.9 Å². The number of nitrogens with zero attached hydrogens (tertiary/aromatic N) is 1. The highest BCUT2D eigenvalue weighted by atomic mass is 32.1. The Kier molecular flexibility index (Phi) is 9.84. The van der Waals surface area contributed by atoms with Crippen LogP contribution in [0.2, 0.25) is 0 Å². The number of aliphatic hydroxyl groups is 2. The molecule has 222 valence electrons. The second-order valence-corrected chi connectivity index (χ2v) is 12.7. The first-order valence-corrected chi connectivity index (χ1v) is 15.5. The zero-order valence-corrected chi connectivity index (χ0v) is 24.8. The Balaban J connectivity index is 1.57. The standard InChI is InChI=1S/C28H35N2O9PS/c1-4-5-15-36-25(33)18(2)17-40(35,39-21-12-8-10-19-9-6-7-11-20(19)21)37-16-22-24(32)28(3,34)26(38-22)30-14-13-23(31)29-27(30)41/h6-14,18,22,24,26,32,34H,4-5,15-17H2,1-3H3,(H,29,31,41)/t18-,22-,24+,26-,28?,40+/m1/s1. The molecule has 1 fully saturated rings. The number of esters is 1. The molecule has 0 aliphatic carbocycles. The molecule has 1 unspecified atom stereocenters. The summed E-state index contributed by atoms with van der Waals surface area (Å²) < 4.78 is 38.6. The Hall–Kier alpha value is -2.86. The fourth-order valence-electron chi connectivity index (χ4n) is 4.59. The SMILES string of the molecule is CCCCOC(=O)[C@H](C)C[P@](=O)(OC[C@H]1O[C@@H](n2ccc(=O)[nH]c2=S)C(C)(O)[C@H]1O)Oc1cccc2ccccc12. The lowest BCUT2D eigenvalue weighted by Gasteiger charge is -2.28. The molecule has 13 heteroatoms. The average Bonchev–Trinajstić information content (AvgIpc) is 3.15. The minimum Gasteiger partial charge on any atom is -0.465 e. The van der Waals surface area contributed by atoms with Crippen molar-refractivity contribution in [1.29, 1.82) is 0 Å². The molecule has 0 amide bonds. The molecule has 41 heavy (non-hydrogen) atoms. The topological polar surface area (TPSA) is 149 Å². The summed E-state index contributed by atoms with van der Waals surface area (Å²) in [5.41, 5.74) is -2.28. The Bertz CT molecular complexity index is 1530. The summed E-state index contributed by atoms with van der Waals surface area (Å²) in [4.78, 5) is 26.7. The largest absolute Gasteiger partial charge is 0.465 e. The minimum absolute atomic E-state index is 0.0167. The molecule has 1 saturated heterocycles. The summed E-state index contributed by atoms with van der Waals surface area (Å²) in [7, 11) is -4.07. The van der Waals surface area contributed by atoms with Crippen LogP contribution in [0.5, 0.6) is 5.75 Å². The molecule has 6 atom stereocenters. The van der Waals surface area contributed by atoms with E-state index < -0.39 is 55.7 Å². The Morgan fingerprint density at radius 1 is 1.24 bits per heavy atom. The van der Waals surface area contributed by atoms with Gasteiger partial charge in [-0.3, -0.25) is 23.7 Å². The van der Waals surface area contributed by atoms with Crippen LogP contribution in [0.15, 0.2) is 59.5 Å².